The molecule has 0 heterocycles. The van der Waals surface area contributed by atoms with E-state index >= 15 is 0 Å². The molecule has 0 aliphatic heterocycles. The lowest BCUT2D eigenvalue weighted by Gasteiger charge is -2.19. The van der Waals surface area contributed by atoms with Gasteiger partial charge in [-0.3, -0.25) is 0 Å². The second-order valence-electron chi connectivity index (χ2n) is 5.61. The minimum atomic E-state index is -4.65. The van der Waals surface area contributed by atoms with Crippen molar-refractivity contribution in [3.63, 3.8) is 0 Å². The first-order valence-corrected chi connectivity index (χ1v) is 6.81. The highest BCUT2D eigenvalue weighted by Gasteiger charge is 2.35. The molecule has 1 aromatic rings. The quantitative estimate of drug-likeness (QED) is 0.678. The Bertz CT molecular complexity index is 565. The molecule has 0 aromatic heterocycles. The van der Waals surface area contributed by atoms with E-state index in [1.807, 2.05) is 0 Å². The second-order valence-corrected chi connectivity index (χ2v) is 5.61. The number of alkyl halides is 3. The predicted octanol–water partition coefficient (Wildman–Crippen LogP) is 3.39. The monoisotopic (exact) mass is 333 g/mol. The van der Waals surface area contributed by atoms with Gasteiger partial charge in [0.2, 0.25) is 0 Å². The van der Waals surface area contributed by atoms with Crippen molar-refractivity contribution in [3.05, 3.63) is 35.4 Å². The Hall–Kier alpha value is -2.25. The van der Waals surface area contributed by atoms with E-state index in [9.17, 15) is 22.8 Å². The average molecular weight is 333 g/mol. The van der Waals surface area contributed by atoms with Gasteiger partial charge in [-0.15, -0.1) is 0 Å². The van der Waals surface area contributed by atoms with Gasteiger partial charge < -0.3 is 14.8 Å². The number of hydrogen-bond acceptors (Lipinski definition) is 4. The van der Waals surface area contributed by atoms with E-state index in [2.05, 4.69) is 5.32 Å². The molecule has 5 nitrogen and oxygen atoms in total. The lowest BCUT2D eigenvalue weighted by molar-refractivity contribution is -0.138. The molecule has 0 bridgehead atoms. The maximum atomic E-state index is 12.8. The van der Waals surface area contributed by atoms with Crippen LogP contribution in [0, 0.1) is 0 Å². The summed E-state index contributed by atoms with van der Waals surface area (Å²) in [5, 5.41) is 2.33. The summed E-state index contributed by atoms with van der Waals surface area (Å²) in [5.74, 6) is -1.11. The van der Waals surface area contributed by atoms with Crippen molar-refractivity contribution in [1.29, 1.82) is 0 Å². The van der Waals surface area contributed by atoms with E-state index in [1.165, 1.54) is 12.1 Å². The third-order valence-electron chi connectivity index (χ3n) is 2.46. The van der Waals surface area contributed by atoms with Crippen LogP contribution in [0.5, 0.6) is 0 Å². The van der Waals surface area contributed by atoms with Crippen LogP contribution in [0.3, 0.4) is 0 Å². The van der Waals surface area contributed by atoms with Crippen LogP contribution in [0.25, 0.3) is 0 Å². The van der Waals surface area contributed by atoms with Crippen molar-refractivity contribution in [2.24, 2.45) is 0 Å². The molecule has 1 amide bonds. The molecule has 8 heteroatoms. The molecule has 0 saturated carbocycles. The number of halogens is 3. The van der Waals surface area contributed by atoms with Gasteiger partial charge in [0.15, 0.2) is 0 Å². The largest absolute Gasteiger partial charge is 0.460 e. The van der Waals surface area contributed by atoms with Crippen LogP contribution in [0.4, 0.5) is 18.0 Å². The number of esters is 1. The zero-order valence-corrected chi connectivity index (χ0v) is 13.0. The summed E-state index contributed by atoms with van der Waals surface area (Å²) in [5.41, 5.74) is -2.31. The summed E-state index contributed by atoms with van der Waals surface area (Å²) >= 11 is 0. The Morgan fingerprint density at radius 2 is 1.74 bits per heavy atom. The number of benzene rings is 1. The average Bonchev–Trinajstić information content (AvgIpc) is 2.40. The van der Waals surface area contributed by atoms with Crippen molar-refractivity contribution in [2.75, 3.05) is 13.2 Å². The SMILES string of the molecule is CC(C)(C)OC(=O)NCCOC(=O)c1ccccc1C(F)(F)F. The molecule has 0 radical (unpaired) electrons. The van der Waals surface area contributed by atoms with Gasteiger partial charge in [0, 0.05) is 0 Å². The van der Waals surface area contributed by atoms with E-state index in [0.29, 0.717) is 0 Å². The number of amides is 1. The Labute approximate surface area is 131 Å². The minimum Gasteiger partial charge on any atom is -0.460 e. The lowest BCUT2D eigenvalue weighted by Crippen LogP contribution is -2.34. The first kappa shape index (κ1) is 18.8. The van der Waals surface area contributed by atoms with Crippen LogP contribution < -0.4 is 5.32 Å². The van der Waals surface area contributed by atoms with E-state index < -0.39 is 35.0 Å². The van der Waals surface area contributed by atoms with Crippen LogP contribution in [-0.2, 0) is 15.7 Å². The van der Waals surface area contributed by atoms with Crippen molar-refractivity contribution in [3.8, 4) is 0 Å². The first-order valence-electron chi connectivity index (χ1n) is 6.81. The highest BCUT2D eigenvalue weighted by molar-refractivity contribution is 5.91. The van der Waals surface area contributed by atoms with E-state index in [-0.39, 0.29) is 13.2 Å². The zero-order valence-electron chi connectivity index (χ0n) is 13.0. The molecule has 0 atom stereocenters. The zero-order chi connectivity index (χ0) is 17.7. The number of rotatable bonds is 4. The second kappa shape index (κ2) is 7.34. The fourth-order valence-corrected chi connectivity index (χ4v) is 1.60. The van der Waals surface area contributed by atoms with Gasteiger partial charge in [-0.05, 0) is 32.9 Å². The maximum Gasteiger partial charge on any atom is 0.417 e. The Balaban J connectivity index is 2.51. The fourth-order valence-electron chi connectivity index (χ4n) is 1.60. The van der Waals surface area contributed by atoms with Gasteiger partial charge in [-0.1, -0.05) is 12.1 Å². The summed E-state index contributed by atoms with van der Waals surface area (Å²) < 4.78 is 48.0. The standard InChI is InChI=1S/C15H18F3NO4/c1-14(2,3)23-13(21)19-8-9-22-12(20)10-6-4-5-7-11(10)15(16,17)18/h4-7H,8-9H2,1-3H3,(H,19,21). The molecule has 0 unspecified atom stereocenters. The van der Waals surface area contributed by atoms with Gasteiger partial charge in [0.1, 0.15) is 12.2 Å². The lowest BCUT2D eigenvalue weighted by atomic mass is 10.1. The molecule has 0 saturated heterocycles. The van der Waals surface area contributed by atoms with Crippen molar-refractivity contribution in [1.82, 2.24) is 5.32 Å². The van der Waals surface area contributed by atoms with Gasteiger partial charge >= 0.3 is 18.2 Å². The van der Waals surface area contributed by atoms with Crippen LogP contribution >= 0.6 is 0 Å². The number of alkyl carbamates (subject to hydrolysis) is 1. The molecular formula is C15H18F3NO4. The van der Waals surface area contributed by atoms with Crippen LogP contribution in [0.2, 0.25) is 0 Å². The van der Waals surface area contributed by atoms with Gasteiger partial charge in [-0.25, -0.2) is 9.59 Å². The fraction of sp³-hybridized carbons (Fsp3) is 0.467. The molecular weight excluding hydrogens is 315 g/mol. The number of carbonyl (C=O) groups is 2. The summed E-state index contributed by atoms with van der Waals surface area (Å²) in [7, 11) is 0. The van der Waals surface area contributed by atoms with Crippen molar-refractivity contribution in [2.45, 2.75) is 32.5 Å². The molecule has 0 aliphatic carbocycles. The minimum absolute atomic E-state index is 0.0746. The number of carbonyl (C=O) groups excluding carboxylic acids is 2. The number of hydrogen-bond donors (Lipinski definition) is 1. The molecule has 1 aromatic carbocycles. The third-order valence-corrected chi connectivity index (χ3v) is 2.46. The Kier molecular flexibility index (Phi) is 6.00. The first-order chi connectivity index (χ1) is 10.5. The normalized spacial score (nSPS) is 11.7. The predicted molar refractivity (Wildman–Crippen MR) is 76.0 cm³/mol. The van der Waals surface area contributed by atoms with E-state index in [1.54, 1.807) is 20.8 Å². The molecule has 1 rings (SSSR count). The smallest absolute Gasteiger partial charge is 0.417 e. The van der Waals surface area contributed by atoms with Gasteiger partial charge in [0.25, 0.3) is 0 Å². The van der Waals surface area contributed by atoms with Crippen LogP contribution in [0.1, 0.15) is 36.7 Å². The summed E-state index contributed by atoms with van der Waals surface area (Å²) in [6.45, 7) is 4.70. The van der Waals surface area contributed by atoms with E-state index in [4.69, 9.17) is 9.47 Å². The molecule has 0 aliphatic rings. The molecule has 0 fully saturated rings. The third kappa shape index (κ3) is 6.58. The Morgan fingerprint density at radius 1 is 1.13 bits per heavy atom. The maximum absolute atomic E-state index is 12.8. The van der Waals surface area contributed by atoms with Crippen LogP contribution in [0.15, 0.2) is 24.3 Å². The summed E-state index contributed by atoms with van der Waals surface area (Å²) in [6.07, 6.45) is -5.35. The number of ether oxygens (including phenoxy) is 2. The summed E-state index contributed by atoms with van der Waals surface area (Å²) in [4.78, 5) is 23.1. The summed E-state index contributed by atoms with van der Waals surface area (Å²) in [6, 6.07) is 4.33. The molecule has 23 heavy (non-hydrogen) atoms. The van der Waals surface area contributed by atoms with Gasteiger partial charge in [-0.2, -0.15) is 13.2 Å². The highest BCUT2D eigenvalue weighted by atomic mass is 19.4. The molecule has 1 N–H and O–H groups in total. The molecule has 128 valence electrons. The van der Waals surface area contributed by atoms with Crippen molar-refractivity contribution < 1.29 is 32.2 Å². The van der Waals surface area contributed by atoms with E-state index in [0.717, 1.165) is 12.1 Å². The van der Waals surface area contributed by atoms with Crippen molar-refractivity contribution >= 4 is 12.1 Å². The topological polar surface area (TPSA) is 64.6 Å². The highest BCUT2D eigenvalue weighted by Crippen LogP contribution is 2.32. The van der Waals surface area contributed by atoms with Gasteiger partial charge in [0.05, 0.1) is 17.7 Å². The molecule has 0 spiro atoms. The Morgan fingerprint density at radius 3 is 2.30 bits per heavy atom. The van der Waals surface area contributed by atoms with Crippen LogP contribution in [-0.4, -0.2) is 30.8 Å². The number of nitrogens with one attached hydrogen (secondary N) is 1.